The fraction of sp³-hybridized carbons (Fsp3) is 0.300. The van der Waals surface area contributed by atoms with Gasteiger partial charge >= 0.3 is 0 Å². The van der Waals surface area contributed by atoms with Crippen LogP contribution in [-0.2, 0) is 9.59 Å². The maximum absolute atomic E-state index is 12.2. The van der Waals surface area contributed by atoms with Crippen molar-refractivity contribution in [2.75, 3.05) is 42.4 Å². The number of anilines is 3. The molecule has 7 heteroatoms. The third-order valence-electron chi connectivity index (χ3n) is 4.31. The molecular weight excluding hydrogens is 366 g/mol. The smallest absolute Gasteiger partial charge is 0.262 e. The topological polar surface area (TPSA) is 61.9 Å². The van der Waals surface area contributed by atoms with Crippen LogP contribution < -0.4 is 19.9 Å². The van der Waals surface area contributed by atoms with Crippen molar-refractivity contribution in [3.8, 4) is 5.75 Å². The number of hydrogen-bond donors (Lipinski definition) is 1. The molecule has 3 rings (SSSR count). The van der Waals surface area contributed by atoms with Crippen molar-refractivity contribution in [3.05, 3.63) is 47.5 Å². The first-order valence-corrected chi connectivity index (χ1v) is 9.12. The molecule has 2 aromatic rings. The highest BCUT2D eigenvalue weighted by molar-refractivity contribution is 6.31. The number of ether oxygens (including phenoxy) is 1. The first-order chi connectivity index (χ1) is 12.9. The first-order valence-electron chi connectivity index (χ1n) is 8.74. The maximum atomic E-state index is 12.2. The maximum Gasteiger partial charge on any atom is 0.262 e. The van der Waals surface area contributed by atoms with Crippen molar-refractivity contribution in [3.63, 3.8) is 0 Å². The molecule has 2 amide bonds. The molecule has 1 N–H and O–H groups in total. The summed E-state index contributed by atoms with van der Waals surface area (Å²) in [4.78, 5) is 27.7. The monoisotopic (exact) mass is 387 g/mol. The summed E-state index contributed by atoms with van der Waals surface area (Å²) in [5.41, 5.74) is 2.33. The van der Waals surface area contributed by atoms with Gasteiger partial charge in [-0.15, -0.1) is 0 Å². The van der Waals surface area contributed by atoms with Crippen molar-refractivity contribution >= 4 is 40.5 Å². The van der Waals surface area contributed by atoms with E-state index in [1.54, 1.807) is 29.2 Å². The van der Waals surface area contributed by atoms with Crippen LogP contribution >= 0.6 is 11.6 Å². The van der Waals surface area contributed by atoms with Gasteiger partial charge in [-0.3, -0.25) is 9.59 Å². The van der Waals surface area contributed by atoms with Crippen LogP contribution in [0.5, 0.6) is 5.75 Å². The molecule has 0 aliphatic carbocycles. The SMILES string of the molecule is CN(C)c1ccc(Cl)cc1NC(=O)COc1ccc(N2CCCC2=O)cc1. The third kappa shape index (κ3) is 4.71. The van der Waals surface area contributed by atoms with E-state index in [1.807, 2.05) is 37.2 Å². The van der Waals surface area contributed by atoms with Crippen LogP contribution in [0.4, 0.5) is 17.1 Å². The quantitative estimate of drug-likeness (QED) is 0.823. The van der Waals surface area contributed by atoms with Crippen molar-refractivity contribution < 1.29 is 14.3 Å². The number of carbonyl (C=O) groups is 2. The van der Waals surface area contributed by atoms with E-state index < -0.39 is 0 Å². The molecule has 1 fully saturated rings. The predicted octanol–water partition coefficient (Wildman–Crippen LogP) is 3.55. The van der Waals surface area contributed by atoms with Gasteiger partial charge in [0.25, 0.3) is 5.91 Å². The number of amides is 2. The average molecular weight is 388 g/mol. The van der Waals surface area contributed by atoms with Gasteiger partial charge in [0, 0.05) is 37.8 Å². The molecule has 1 heterocycles. The summed E-state index contributed by atoms with van der Waals surface area (Å²) < 4.78 is 5.55. The van der Waals surface area contributed by atoms with Crippen LogP contribution in [-0.4, -0.2) is 39.1 Å². The molecule has 0 saturated carbocycles. The summed E-state index contributed by atoms with van der Waals surface area (Å²) in [7, 11) is 3.78. The highest BCUT2D eigenvalue weighted by Gasteiger charge is 2.21. The van der Waals surface area contributed by atoms with Gasteiger partial charge in [0.2, 0.25) is 5.91 Å². The second-order valence-electron chi connectivity index (χ2n) is 6.54. The predicted molar refractivity (Wildman–Crippen MR) is 108 cm³/mol. The summed E-state index contributed by atoms with van der Waals surface area (Å²) in [6.45, 7) is 0.622. The van der Waals surface area contributed by atoms with E-state index in [0.717, 1.165) is 24.3 Å². The molecule has 1 aliphatic rings. The Balaban J connectivity index is 1.58. The number of hydrogen-bond acceptors (Lipinski definition) is 4. The van der Waals surface area contributed by atoms with Gasteiger partial charge in [-0.2, -0.15) is 0 Å². The Morgan fingerprint density at radius 2 is 1.96 bits per heavy atom. The van der Waals surface area contributed by atoms with Gasteiger partial charge in [-0.1, -0.05) is 11.6 Å². The van der Waals surface area contributed by atoms with E-state index in [9.17, 15) is 9.59 Å². The molecule has 0 radical (unpaired) electrons. The number of nitrogens with one attached hydrogen (secondary N) is 1. The lowest BCUT2D eigenvalue weighted by Gasteiger charge is -2.18. The number of carbonyl (C=O) groups excluding carboxylic acids is 2. The van der Waals surface area contributed by atoms with Crippen molar-refractivity contribution in [1.82, 2.24) is 0 Å². The Bertz CT molecular complexity index is 837. The fourth-order valence-electron chi connectivity index (χ4n) is 2.98. The Labute approximate surface area is 163 Å². The molecule has 1 saturated heterocycles. The molecule has 0 bridgehead atoms. The minimum absolute atomic E-state index is 0.124. The summed E-state index contributed by atoms with van der Waals surface area (Å²) in [6, 6.07) is 12.5. The van der Waals surface area contributed by atoms with Gasteiger partial charge in [0.15, 0.2) is 6.61 Å². The molecular formula is C20H22ClN3O3. The van der Waals surface area contributed by atoms with Gasteiger partial charge in [0.1, 0.15) is 5.75 Å². The second kappa shape index (κ2) is 8.31. The minimum Gasteiger partial charge on any atom is -0.484 e. The zero-order chi connectivity index (χ0) is 19.4. The zero-order valence-corrected chi connectivity index (χ0v) is 16.1. The standard InChI is InChI=1S/C20H22ClN3O3/c1-23(2)18-10-5-14(21)12-17(18)22-19(25)13-27-16-8-6-15(7-9-16)24-11-3-4-20(24)26/h5-10,12H,3-4,11,13H2,1-2H3,(H,22,25). The lowest BCUT2D eigenvalue weighted by Crippen LogP contribution is -2.23. The van der Waals surface area contributed by atoms with Crippen LogP contribution in [0.2, 0.25) is 5.02 Å². The second-order valence-corrected chi connectivity index (χ2v) is 6.97. The van der Waals surface area contributed by atoms with E-state index in [0.29, 0.717) is 22.9 Å². The van der Waals surface area contributed by atoms with Crippen molar-refractivity contribution in [2.45, 2.75) is 12.8 Å². The first kappa shape index (κ1) is 19.0. The lowest BCUT2D eigenvalue weighted by molar-refractivity contribution is -0.118. The van der Waals surface area contributed by atoms with Crippen LogP contribution in [0, 0.1) is 0 Å². The summed E-state index contributed by atoms with van der Waals surface area (Å²) in [6.07, 6.45) is 1.48. The summed E-state index contributed by atoms with van der Waals surface area (Å²) in [5.74, 6) is 0.430. The Hall–Kier alpha value is -2.73. The van der Waals surface area contributed by atoms with E-state index in [4.69, 9.17) is 16.3 Å². The molecule has 27 heavy (non-hydrogen) atoms. The van der Waals surface area contributed by atoms with Crippen LogP contribution in [0.1, 0.15) is 12.8 Å². The van der Waals surface area contributed by atoms with E-state index in [2.05, 4.69) is 5.32 Å². The largest absolute Gasteiger partial charge is 0.484 e. The van der Waals surface area contributed by atoms with Crippen LogP contribution in [0.3, 0.4) is 0 Å². The highest BCUT2D eigenvalue weighted by Crippen LogP contribution is 2.28. The molecule has 2 aromatic carbocycles. The van der Waals surface area contributed by atoms with Crippen LogP contribution in [0.25, 0.3) is 0 Å². The number of nitrogens with zero attached hydrogens (tertiary/aromatic N) is 2. The lowest BCUT2D eigenvalue weighted by atomic mass is 10.2. The Kier molecular flexibility index (Phi) is 5.86. The zero-order valence-electron chi connectivity index (χ0n) is 15.4. The molecule has 0 spiro atoms. The summed E-state index contributed by atoms with van der Waals surface area (Å²) >= 11 is 6.03. The third-order valence-corrected chi connectivity index (χ3v) is 4.54. The summed E-state index contributed by atoms with van der Waals surface area (Å²) in [5, 5.41) is 3.37. The Morgan fingerprint density at radius 1 is 1.22 bits per heavy atom. The number of rotatable bonds is 6. The van der Waals surface area contributed by atoms with Crippen molar-refractivity contribution in [2.24, 2.45) is 0 Å². The molecule has 0 aromatic heterocycles. The Morgan fingerprint density at radius 3 is 2.59 bits per heavy atom. The number of benzene rings is 2. The molecule has 1 aliphatic heterocycles. The van der Waals surface area contributed by atoms with Crippen molar-refractivity contribution in [1.29, 1.82) is 0 Å². The van der Waals surface area contributed by atoms with Gasteiger partial charge in [0.05, 0.1) is 11.4 Å². The van der Waals surface area contributed by atoms with Gasteiger partial charge < -0.3 is 19.9 Å². The molecule has 0 atom stereocenters. The van der Waals surface area contributed by atoms with E-state index >= 15 is 0 Å². The fourth-order valence-corrected chi connectivity index (χ4v) is 3.15. The van der Waals surface area contributed by atoms with E-state index in [1.165, 1.54) is 0 Å². The highest BCUT2D eigenvalue weighted by atomic mass is 35.5. The number of halogens is 1. The minimum atomic E-state index is -0.279. The van der Waals surface area contributed by atoms with Crippen LogP contribution in [0.15, 0.2) is 42.5 Å². The van der Waals surface area contributed by atoms with Gasteiger partial charge in [-0.25, -0.2) is 0 Å². The average Bonchev–Trinajstić information content (AvgIpc) is 3.06. The molecule has 0 unspecified atom stereocenters. The molecule has 6 nitrogen and oxygen atoms in total. The van der Waals surface area contributed by atoms with Gasteiger partial charge in [-0.05, 0) is 48.9 Å². The molecule has 142 valence electrons. The van der Waals surface area contributed by atoms with E-state index in [-0.39, 0.29) is 18.4 Å². The normalized spacial score (nSPS) is 13.6.